The van der Waals surface area contributed by atoms with Crippen molar-refractivity contribution in [1.82, 2.24) is 15.0 Å². The molecule has 0 amide bonds. The number of anilines is 2. The maximum Gasteiger partial charge on any atom is 0.128 e. The summed E-state index contributed by atoms with van der Waals surface area (Å²) in [5.41, 5.74) is 3.00. The van der Waals surface area contributed by atoms with Crippen LogP contribution in [-0.4, -0.2) is 41.1 Å². The van der Waals surface area contributed by atoms with Crippen LogP contribution in [0.1, 0.15) is 0 Å². The second-order valence-electron chi connectivity index (χ2n) is 6.07. The van der Waals surface area contributed by atoms with Crippen molar-refractivity contribution in [1.29, 1.82) is 0 Å². The Morgan fingerprint density at radius 2 is 1.42 bits per heavy atom. The smallest absolute Gasteiger partial charge is 0.128 e. The van der Waals surface area contributed by atoms with E-state index in [-0.39, 0.29) is 0 Å². The molecule has 3 aromatic rings. The molecule has 4 rings (SSSR count). The van der Waals surface area contributed by atoms with E-state index in [0.717, 1.165) is 48.8 Å². The van der Waals surface area contributed by atoms with Gasteiger partial charge in [-0.3, -0.25) is 9.97 Å². The molecule has 5 nitrogen and oxygen atoms in total. The average molecular weight is 386 g/mol. The number of nitrogens with zero attached hydrogens (tertiary/aromatic N) is 5. The number of hydrogen-bond acceptors (Lipinski definition) is 5. The van der Waals surface area contributed by atoms with Crippen molar-refractivity contribution in [2.24, 2.45) is 0 Å². The Balaban J connectivity index is 1.45. The average Bonchev–Trinajstić information content (AvgIpc) is 2.69. The molecule has 26 heavy (non-hydrogen) atoms. The molecule has 1 aliphatic rings. The molecule has 0 saturated carbocycles. The Hall–Kier alpha value is -2.37. The number of rotatable bonds is 3. The predicted molar refractivity (Wildman–Crippen MR) is 106 cm³/mol. The van der Waals surface area contributed by atoms with E-state index in [1.165, 1.54) is 0 Å². The van der Waals surface area contributed by atoms with Gasteiger partial charge in [-0.05, 0) is 18.2 Å². The van der Waals surface area contributed by atoms with Crippen LogP contribution in [0.3, 0.4) is 0 Å². The number of hydrogen-bond donors (Lipinski definition) is 0. The van der Waals surface area contributed by atoms with Crippen LogP contribution in [0, 0.1) is 0 Å². The van der Waals surface area contributed by atoms with Gasteiger partial charge < -0.3 is 9.80 Å². The van der Waals surface area contributed by atoms with E-state index in [1.807, 2.05) is 24.5 Å². The van der Waals surface area contributed by atoms with Crippen molar-refractivity contribution in [2.45, 2.75) is 0 Å². The molecule has 7 heteroatoms. The van der Waals surface area contributed by atoms with Gasteiger partial charge in [-0.2, -0.15) is 0 Å². The van der Waals surface area contributed by atoms with E-state index in [9.17, 15) is 0 Å². The first-order chi connectivity index (χ1) is 12.7. The SMILES string of the molecule is Clc1cncc(Cl)c1N1CCN(c2ccc(-c3cccnc3)cn2)CC1. The van der Waals surface area contributed by atoms with Crippen molar-refractivity contribution < 1.29 is 0 Å². The van der Waals surface area contributed by atoms with E-state index in [1.54, 1.807) is 18.6 Å². The normalized spacial score (nSPS) is 14.5. The molecule has 0 aromatic carbocycles. The van der Waals surface area contributed by atoms with Crippen molar-refractivity contribution >= 4 is 34.7 Å². The summed E-state index contributed by atoms with van der Waals surface area (Å²) in [6.07, 6.45) is 8.78. The van der Waals surface area contributed by atoms with E-state index < -0.39 is 0 Å². The first kappa shape index (κ1) is 17.1. The Bertz CT molecular complexity index is 858. The molecule has 132 valence electrons. The van der Waals surface area contributed by atoms with Crippen LogP contribution >= 0.6 is 23.2 Å². The fourth-order valence-corrected chi connectivity index (χ4v) is 3.75. The summed E-state index contributed by atoms with van der Waals surface area (Å²) in [6, 6.07) is 8.11. The van der Waals surface area contributed by atoms with Gasteiger partial charge in [-0.15, -0.1) is 0 Å². The monoisotopic (exact) mass is 385 g/mol. The molecule has 0 bridgehead atoms. The molecule has 3 aromatic heterocycles. The summed E-state index contributed by atoms with van der Waals surface area (Å²) in [5, 5.41) is 1.18. The zero-order chi connectivity index (χ0) is 17.9. The van der Waals surface area contributed by atoms with Gasteiger partial charge in [0.1, 0.15) is 5.82 Å². The summed E-state index contributed by atoms with van der Waals surface area (Å²) in [4.78, 5) is 17.3. The lowest BCUT2D eigenvalue weighted by Crippen LogP contribution is -2.47. The van der Waals surface area contributed by atoms with Gasteiger partial charge in [-0.1, -0.05) is 29.3 Å². The van der Waals surface area contributed by atoms with Crippen molar-refractivity contribution in [3.63, 3.8) is 0 Å². The minimum absolute atomic E-state index is 0.588. The van der Waals surface area contributed by atoms with Gasteiger partial charge >= 0.3 is 0 Å². The maximum atomic E-state index is 6.27. The topological polar surface area (TPSA) is 45.2 Å². The molecular weight excluding hydrogens is 369 g/mol. The number of pyridine rings is 3. The highest BCUT2D eigenvalue weighted by Crippen LogP contribution is 2.33. The lowest BCUT2D eigenvalue weighted by molar-refractivity contribution is 0.647. The molecule has 0 atom stereocenters. The Labute approximate surface area is 162 Å². The van der Waals surface area contributed by atoms with Gasteiger partial charge in [-0.25, -0.2) is 4.98 Å². The zero-order valence-corrected chi connectivity index (χ0v) is 15.5. The van der Waals surface area contributed by atoms with Crippen molar-refractivity contribution in [2.75, 3.05) is 36.0 Å². The second-order valence-corrected chi connectivity index (χ2v) is 6.89. The summed E-state index contributed by atoms with van der Waals surface area (Å²) in [7, 11) is 0. The van der Waals surface area contributed by atoms with Crippen LogP contribution < -0.4 is 9.80 Å². The van der Waals surface area contributed by atoms with E-state index in [4.69, 9.17) is 23.2 Å². The Morgan fingerprint density at radius 3 is 2.04 bits per heavy atom. The van der Waals surface area contributed by atoms with E-state index in [2.05, 4.69) is 36.9 Å². The summed E-state index contributed by atoms with van der Waals surface area (Å²) < 4.78 is 0. The number of aromatic nitrogens is 3. The molecule has 1 aliphatic heterocycles. The maximum absolute atomic E-state index is 6.27. The van der Waals surface area contributed by atoms with Gasteiger partial charge in [0.15, 0.2) is 0 Å². The lowest BCUT2D eigenvalue weighted by Gasteiger charge is -2.37. The van der Waals surface area contributed by atoms with Crippen molar-refractivity contribution in [3.8, 4) is 11.1 Å². The largest absolute Gasteiger partial charge is 0.365 e. The fraction of sp³-hybridized carbons (Fsp3) is 0.211. The number of halogens is 2. The molecule has 0 radical (unpaired) electrons. The first-order valence-electron chi connectivity index (χ1n) is 8.38. The van der Waals surface area contributed by atoms with E-state index in [0.29, 0.717) is 10.0 Å². The third-order valence-corrected chi connectivity index (χ3v) is 5.04. The van der Waals surface area contributed by atoms with Crippen LogP contribution in [0.15, 0.2) is 55.2 Å². The highest BCUT2D eigenvalue weighted by Gasteiger charge is 2.22. The molecule has 1 fully saturated rings. The van der Waals surface area contributed by atoms with E-state index >= 15 is 0 Å². The lowest BCUT2D eigenvalue weighted by atomic mass is 10.1. The molecule has 1 saturated heterocycles. The van der Waals surface area contributed by atoms with Crippen LogP contribution in [0.2, 0.25) is 10.0 Å². The molecule has 0 unspecified atom stereocenters. The molecule has 0 N–H and O–H groups in total. The van der Waals surface area contributed by atoms with Crippen LogP contribution in [0.5, 0.6) is 0 Å². The van der Waals surface area contributed by atoms with Gasteiger partial charge in [0.05, 0.1) is 15.7 Å². The Kier molecular flexibility index (Phi) is 4.91. The van der Waals surface area contributed by atoms with Crippen LogP contribution in [0.4, 0.5) is 11.5 Å². The second kappa shape index (κ2) is 7.48. The summed E-state index contributed by atoms with van der Waals surface area (Å²) >= 11 is 12.5. The number of piperazine rings is 1. The Morgan fingerprint density at radius 1 is 0.731 bits per heavy atom. The quantitative estimate of drug-likeness (QED) is 0.676. The minimum Gasteiger partial charge on any atom is -0.365 e. The van der Waals surface area contributed by atoms with Gasteiger partial charge in [0, 0.05) is 68.3 Å². The third-order valence-electron chi connectivity index (χ3n) is 4.49. The predicted octanol–water partition coefficient (Wildman–Crippen LogP) is 4.17. The minimum atomic E-state index is 0.588. The summed E-state index contributed by atoms with van der Waals surface area (Å²) in [6.45, 7) is 3.37. The standard InChI is InChI=1S/C19H17Cl2N5/c20-16-12-23-13-17(21)19(16)26-8-6-25(7-9-26)18-4-3-15(11-24-18)14-2-1-5-22-10-14/h1-5,10-13H,6-9H2. The summed E-state index contributed by atoms with van der Waals surface area (Å²) in [5.74, 6) is 0.976. The van der Waals surface area contributed by atoms with Crippen LogP contribution in [-0.2, 0) is 0 Å². The van der Waals surface area contributed by atoms with Crippen LogP contribution in [0.25, 0.3) is 11.1 Å². The molecular formula is C19H17Cl2N5. The van der Waals surface area contributed by atoms with Gasteiger partial charge in [0.2, 0.25) is 0 Å². The van der Waals surface area contributed by atoms with Crippen molar-refractivity contribution in [3.05, 3.63) is 65.3 Å². The molecule has 0 spiro atoms. The first-order valence-corrected chi connectivity index (χ1v) is 9.13. The highest BCUT2D eigenvalue weighted by molar-refractivity contribution is 6.38. The third kappa shape index (κ3) is 3.45. The molecule has 4 heterocycles. The fourth-order valence-electron chi connectivity index (χ4n) is 3.14. The zero-order valence-electron chi connectivity index (χ0n) is 14.0. The molecule has 0 aliphatic carbocycles. The van der Waals surface area contributed by atoms with Gasteiger partial charge in [0.25, 0.3) is 0 Å². The highest BCUT2D eigenvalue weighted by atomic mass is 35.5.